The van der Waals surface area contributed by atoms with E-state index < -0.39 is 103 Å². The molecule has 6 heterocycles. The van der Waals surface area contributed by atoms with E-state index in [1.54, 1.807) is 79.5 Å². The summed E-state index contributed by atoms with van der Waals surface area (Å²) in [6.07, 6.45) is 10.4. The fraction of sp³-hybridized carbons (Fsp3) is 0.583. The molecule has 2 unspecified atom stereocenters. The van der Waals surface area contributed by atoms with Crippen molar-refractivity contribution >= 4 is 35.1 Å². The fourth-order valence-electron chi connectivity index (χ4n) is 8.67. The molecule has 4 saturated heterocycles. The SMILES string of the molecule is CCCC1COC(Cn2cncn2)(c2ccc(Cl)cc2Cl)O1.C[C@@H]1C/C=C/C=C/C=C/C=C/[C@H](O[C@@H]2O[C@H](C)[C@@H](O)[C@H](N)[C@@H]2O)C[C@@H]2O[C@](O)(C[C@@H](O)C[C@H]3O[C@@H]3/C=C/C(=O)O1)C[C@H](O)[C@H]2C(=O)O. The van der Waals surface area contributed by atoms with Gasteiger partial charge in [-0.15, -0.1) is 0 Å². The predicted octanol–water partition coefficient (Wildman–Crippen LogP) is 3.77. The number of aliphatic carboxylic acids is 1. The first-order valence-electron chi connectivity index (χ1n) is 23.1. The first kappa shape index (κ1) is 54.4. The molecule has 21 heteroatoms. The van der Waals surface area contributed by atoms with Crippen molar-refractivity contribution in [3.63, 3.8) is 0 Å². The van der Waals surface area contributed by atoms with Crippen LogP contribution in [-0.2, 0) is 55.1 Å². The van der Waals surface area contributed by atoms with Gasteiger partial charge in [0.05, 0.1) is 66.5 Å². The molecule has 2 bridgehead atoms. The smallest absolute Gasteiger partial charge is 0.330 e. The second-order valence-corrected chi connectivity index (χ2v) is 18.7. The van der Waals surface area contributed by atoms with Gasteiger partial charge in [-0.1, -0.05) is 91.2 Å². The van der Waals surface area contributed by atoms with Crippen LogP contribution in [0.3, 0.4) is 0 Å². The third-order valence-corrected chi connectivity index (χ3v) is 12.8. The summed E-state index contributed by atoms with van der Waals surface area (Å²) >= 11 is 12.4. The highest BCUT2D eigenvalue weighted by molar-refractivity contribution is 6.35. The highest BCUT2D eigenvalue weighted by Crippen LogP contribution is 2.42. The van der Waals surface area contributed by atoms with E-state index in [4.69, 9.17) is 62.1 Å². The van der Waals surface area contributed by atoms with Crippen LogP contribution in [0.2, 0.25) is 10.0 Å². The number of carboxylic acids is 1. The van der Waals surface area contributed by atoms with Crippen LogP contribution in [0.15, 0.2) is 91.6 Å². The number of rotatable bonds is 8. The highest BCUT2D eigenvalue weighted by Gasteiger charge is 2.52. The molecule has 7 rings (SSSR count). The molecule has 1 aromatic heterocycles. The van der Waals surface area contributed by atoms with Crippen molar-refractivity contribution in [2.24, 2.45) is 11.7 Å². The molecule has 5 aliphatic heterocycles. The van der Waals surface area contributed by atoms with Gasteiger partial charge >= 0.3 is 11.9 Å². The summed E-state index contributed by atoms with van der Waals surface area (Å²) in [4.78, 5) is 28.4. The van der Waals surface area contributed by atoms with E-state index in [-0.39, 0.29) is 31.5 Å². The summed E-state index contributed by atoms with van der Waals surface area (Å²) in [7, 11) is 0. The lowest BCUT2D eigenvalue weighted by Gasteiger charge is -2.45. The van der Waals surface area contributed by atoms with Gasteiger partial charge in [0.15, 0.2) is 12.1 Å². The molecule has 0 saturated carbocycles. The minimum Gasteiger partial charge on any atom is -0.481 e. The Balaban J connectivity index is 0.000000294. The normalized spacial score (nSPS) is 40.1. The quantitative estimate of drug-likeness (QED) is 0.146. The number of carbonyl (C=O) groups excluding carboxylic acids is 1. The summed E-state index contributed by atoms with van der Waals surface area (Å²) in [5.41, 5.74) is 6.73. The maximum Gasteiger partial charge on any atom is 0.330 e. The van der Waals surface area contributed by atoms with Crippen molar-refractivity contribution in [1.82, 2.24) is 14.8 Å². The Morgan fingerprint density at radius 3 is 2.43 bits per heavy atom. The van der Waals surface area contributed by atoms with Gasteiger partial charge in [-0.25, -0.2) is 14.5 Å². The zero-order valence-electron chi connectivity index (χ0n) is 38.6. The largest absolute Gasteiger partial charge is 0.481 e. The molecule has 2 aromatic rings. The third kappa shape index (κ3) is 15.3. The summed E-state index contributed by atoms with van der Waals surface area (Å²) in [5, 5.41) is 69.2. The van der Waals surface area contributed by atoms with Gasteiger partial charge in [0.2, 0.25) is 5.79 Å². The number of carbonyl (C=O) groups is 2. The molecule has 0 spiro atoms. The van der Waals surface area contributed by atoms with Crippen molar-refractivity contribution in [2.75, 3.05) is 6.61 Å². The molecular formula is C48H64Cl2N4O15. The number of aromatic nitrogens is 3. The number of aliphatic hydroxyl groups excluding tert-OH is 4. The van der Waals surface area contributed by atoms with E-state index >= 15 is 0 Å². The minimum absolute atomic E-state index is 0.0419. The summed E-state index contributed by atoms with van der Waals surface area (Å²) in [6, 6.07) is 4.25. The molecular weight excluding hydrogens is 943 g/mol. The lowest BCUT2D eigenvalue weighted by Crippen LogP contribution is -2.61. The number of hydrogen-bond acceptors (Lipinski definition) is 17. The maximum atomic E-state index is 12.3. The third-order valence-electron chi connectivity index (χ3n) is 12.2. The van der Waals surface area contributed by atoms with Crippen LogP contribution in [0.25, 0.3) is 0 Å². The van der Waals surface area contributed by atoms with E-state index in [0.717, 1.165) is 18.4 Å². The minimum atomic E-state index is -2.10. The number of nitrogens with two attached hydrogens (primary N) is 1. The van der Waals surface area contributed by atoms with Crippen LogP contribution >= 0.6 is 23.2 Å². The number of nitrogens with zero attached hydrogens (tertiary/aromatic N) is 3. The van der Waals surface area contributed by atoms with Crippen molar-refractivity contribution in [3.05, 3.63) is 107 Å². The number of benzene rings is 1. The number of cyclic esters (lactones) is 1. The molecule has 1 aromatic carbocycles. The summed E-state index contributed by atoms with van der Waals surface area (Å²) in [6.45, 7) is 6.37. The Hall–Kier alpha value is -3.90. The average molecular weight is 1010 g/mol. The second-order valence-electron chi connectivity index (χ2n) is 17.9. The average Bonchev–Trinajstić information content (AvgIpc) is 3.57. The number of fused-ring (bicyclic) bond motifs is 3. The van der Waals surface area contributed by atoms with E-state index in [1.165, 1.54) is 18.5 Å². The zero-order chi connectivity index (χ0) is 49.9. The molecule has 0 amide bonds. The van der Waals surface area contributed by atoms with Gasteiger partial charge in [0.25, 0.3) is 0 Å². The van der Waals surface area contributed by atoms with Gasteiger partial charge in [-0.05, 0) is 38.5 Å². The van der Waals surface area contributed by atoms with Gasteiger partial charge < -0.3 is 69.5 Å². The van der Waals surface area contributed by atoms with Crippen molar-refractivity contribution in [3.8, 4) is 0 Å². The second kappa shape index (κ2) is 25.0. The van der Waals surface area contributed by atoms with Crippen molar-refractivity contribution in [1.29, 1.82) is 0 Å². The van der Waals surface area contributed by atoms with Crippen molar-refractivity contribution in [2.45, 2.75) is 163 Å². The number of allylic oxidation sites excluding steroid dienone is 6. The number of carboxylic acid groups (broad SMARTS) is 1. The monoisotopic (exact) mass is 1010 g/mol. The maximum absolute atomic E-state index is 12.3. The summed E-state index contributed by atoms with van der Waals surface area (Å²) in [5.74, 6) is -6.41. The number of ether oxygens (including phenoxy) is 7. The van der Waals surface area contributed by atoms with Crippen LogP contribution in [0, 0.1) is 5.92 Å². The lowest BCUT2D eigenvalue weighted by atomic mass is 9.83. The molecule has 4 fully saturated rings. The number of epoxide rings is 1. The standard InChI is InChI=1S/C33H47NO13.C15H17Cl2N3O2/c1-18-10-8-6-4-3-5-7-9-11-21(45-32-30(39)28(34)29(38)19(2)44-32)15-25-27(31(40)41)22(36)17-33(42,47-25)16-20(35)14-24-23(46-24)12-13-26(37)43-18;1-2-3-12-7-21-15(22-12,8-20-10-18-9-19-20)13-5-4-11(16)6-14(13)17/h3-9,11-13,18-25,27-30,32,35-36,38-39,42H,10,14-17,34H2,1-2H3,(H,40,41);4-6,9-10,12H,2-3,7-8H2,1H3/b4-3+,7-5+,8-6+,11-9+,13-12+;/t18-,19-,20+,21+,22+,23-,24-,25+,27-,28+,29-,30+,32+,33-;/m1./s1. The lowest BCUT2D eigenvalue weighted by molar-refractivity contribution is -0.308. The van der Waals surface area contributed by atoms with Gasteiger partial charge in [-0.2, -0.15) is 5.10 Å². The molecule has 8 N–H and O–H groups in total. The van der Waals surface area contributed by atoms with Crippen molar-refractivity contribution < 1.29 is 73.4 Å². The Morgan fingerprint density at radius 1 is 0.971 bits per heavy atom. The molecule has 69 heavy (non-hydrogen) atoms. The van der Waals surface area contributed by atoms with E-state index in [0.29, 0.717) is 29.6 Å². The molecule has 5 aliphatic rings. The van der Waals surface area contributed by atoms with Gasteiger partial charge in [-0.3, -0.25) is 4.79 Å². The predicted molar refractivity (Wildman–Crippen MR) is 249 cm³/mol. The Kier molecular flexibility index (Phi) is 19.7. The van der Waals surface area contributed by atoms with E-state index in [2.05, 4.69) is 17.0 Å². The summed E-state index contributed by atoms with van der Waals surface area (Å²) < 4.78 is 42.5. The molecule has 0 aliphatic carbocycles. The number of halogens is 2. The number of esters is 1. The Morgan fingerprint density at radius 2 is 1.72 bits per heavy atom. The van der Waals surface area contributed by atoms with Crippen LogP contribution in [0.4, 0.5) is 0 Å². The first-order chi connectivity index (χ1) is 32.9. The number of aliphatic hydroxyl groups is 5. The molecule has 16 atom stereocenters. The number of hydrogen-bond donors (Lipinski definition) is 7. The zero-order valence-corrected chi connectivity index (χ0v) is 40.2. The van der Waals surface area contributed by atoms with Crippen LogP contribution in [0.5, 0.6) is 0 Å². The van der Waals surface area contributed by atoms with E-state index in [9.17, 15) is 40.2 Å². The molecule has 19 nitrogen and oxygen atoms in total. The van der Waals surface area contributed by atoms with Crippen LogP contribution in [-0.4, -0.2) is 149 Å². The molecule has 0 radical (unpaired) electrons. The Bertz CT molecular complexity index is 2150. The van der Waals surface area contributed by atoms with Gasteiger partial charge in [0.1, 0.15) is 43.4 Å². The highest BCUT2D eigenvalue weighted by atomic mass is 35.5. The van der Waals surface area contributed by atoms with Crippen LogP contribution < -0.4 is 5.73 Å². The van der Waals surface area contributed by atoms with E-state index in [1.807, 2.05) is 12.1 Å². The Labute approximate surface area is 410 Å². The van der Waals surface area contributed by atoms with Crippen LogP contribution in [0.1, 0.15) is 71.3 Å². The molecule has 380 valence electrons. The fourth-order valence-corrected chi connectivity index (χ4v) is 9.22. The van der Waals surface area contributed by atoms with Gasteiger partial charge in [0, 0.05) is 48.8 Å². The first-order valence-corrected chi connectivity index (χ1v) is 23.9. The topological polar surface area (TPSA) is 280 Å².